The summed E-state index contributed by atoms with van der Waals surface area (Å²) in [5.74, 6) is 1.08. The van der Waals surface area contributed by atoms with Crippen molar-refractivity contribution in [3.63, 3.8) is 0 Å². The molecule has 0 radical (unpaired) electrons. The molecule has 20 heavy (non-hydrogen) atoms. The van der Waals surface area contributed by atoms with Gasteiger partial charge < -0.3 is 4.98 Å². The van der Waals surface area contributed by atoms with Crippen LogP contribution in [0.25, 0.3) is 11.4 Å². The molecule has 1 fully saturated rings. The number of aromatic nitrogens is 2. The number of rotatable bonds is 2. The van der Waals surface area contributed by atoms with Crippen LogP contribution in [0.2, 0.25) is 0 Å². The Morgan fingerprint density at radius 2 is 1.85 bits per heavy atom. The second kappa shape index (κ2) is 5.52. The molecule has 1 heterocycles. The summed E-state index contributed by atoms with van der Waals surface area (Å²) in [5.41, 5.74) is 2.99. The van der Waals surface area contributed by atoms with Crippen LogP contribution in [0.3, 0.4) is 0 Å². The Kier molecular flexibility index (Phi) is 3.74. The van der Waals surface area contributed by atoms with Gasteiger partial charge in [-0.1, -0.05) is 42.7 Å². The highest BCUT2D eigenvalue weighted by Crippen LogP contribution is 2.35. The Morgan fingerprint density at radius 1 is 1.20 bits per heavy atom. The molecule has 1 saturated carbocycles. The number of benzene rings is 1. The van der Waals surface area contributed by atoms with Gasteiger partial charge in [0.25, 0.3) is 5.56 Å². The van der Waals surface area contributed by atoms with Crippen molar-refractivity contribution in [3.8, 4) is 11.4 Å². The molecule has 0 amide bonds. The first kappa shape index (κ1) is 13.6. The van der Waals surface area contributed by atoms with Crippen LogP contribution in [0, 0.1) is 6.92 Å². The summed E-state index contributed by atoms with van der Waals surface area (Å²) in [4.78, 5) is 19.7. The second-order valence-electron chi connectivity index (χ2n) is 5.46. The van der Waals surface area contributed by atoms with Crippen molar-refractivity contribution in [3.05, 3.63) is 50.3 Å². The van der Waals surface area contributed by atoms with Crippen LogP contribution in [0.5, 0.6) is 0 Å². The fourth-order valence-electron chi connectivity index (χ4n) is 2.79. The number of H-pyrrole nitrogens is 1. The second-order valence-corrected chi connectivity index (χ2v) is 6.25. The van der Waals surface area contributed by atoms with E-state index in [2.05, 4.69) is 20.9 Å². The molecule has 0 saturated heterocycles. The molecule has 1 aliphatic carbocycles. The highest BCUT2D eigenvalue weighted by Gasteiger charge is 2.23. The van der Waals surface area contributed by atoms with E-state index in [-0.39, 0.29) is 5.56 Å². The standard InChI is InChI=1S/C16H17BrN2O/c1-10-6-8-12(9-7-10)15-18-14(11-4-2-3-5-11)13(17)16(20)19-15/h6-9,11H,2-5H2,1H3,(H,18,19,20). The quantitative estimate of drug-likeness (QED) is 0.897. The zero-order valence-corrected chi connectivity index (χ0v) is 13.0. The topological polar surface area (TPSA) is 45.8 Å². The van der Waals surface area contributed by atoms with Crippen molar-refractivity contribution in [2.75, 3.05) is 0 Å². The first-order valence-corrected chi connectivity index (χ1v) is 7.81. The molecule has 1 aromatic heterocycles. The molecule has 1 aromatic carbocycles. The molecule has 1 N–H and O–H groups in total. The maximum absolute atomic E-state index is 12.1. The molecule has 0 unspecified atom stereocenters. The molecule has 104 valence electrons. The molecule has 3 rings (SSSR count). The minimum absolute atomic E-state index is 0.0857. The van der Waals surface area contributed by atoms with Gasteiger partial charge in [-0.2, -0.15) is 0 Å². The lowest BCUT2D eigenvalue weighted by Gasteiger charge is -2.12. The Hall–Kier alpha value is -1.42. The van der Waals surface area contributed by atoms with Gasteiger partial charge in [-0.15, -0.1) is 0 Å². The van der Waals surface area contributed by atoms with Crippen LogP contribution >= 0.6 is 15.9 Å². The lowest BCUT2D eigenvalue weighted by Crippen LogP contribution is -2.15. The van der Waals surface area contributed by atoms with E-state index in [1.807, 2.05) is 31.2 Å². The lowest BCUT2D eigenvalue weighted by molar-refractivity contribution is 0.688. The zero-order chi connectivity index (χ0) is 14.1. The van der Waals surface area contributed by atoms with E-state index in [1.54, 1.807) is 0 Å². The highest BCUT2D eigenvalue weighted by molar-refractivity contribution is 9.10. The first-order valence-electron chi connectivity index (χ1n) is 7.02. The Labute approximate surface area is 126 Å². The summed E-state index contributed by atoms with van der Waals surface area (Å²) >= 11 is 3.40. The average Bonchev–Trinajstić information content (AvgIpc) is 2.96. The maximum Gasteiger partial charge on any atom is 0.265 e. The van der Waals surface area contributed by atoms with Crippen molar-refractivity contribution in [2.24, 2.45) is 0 Å². The Morgan fingerprint density at radius 3 is 2.50 bits per heavy atom. The molecule has 1 aliphatic rings. The van der Waals surface area contributed by atoms with E-state index in [1.165, 1.54) is 18.4 Å². The fraction of sp³-hybridized carbons (Fsp3) is 0.375. The summed E-state index contributed by atoms with van der Waals surface area (Å²) in [6.45, 7) is 2.05. The third kappa shape index (κ3) is 2.57. The summed E-state index contributed by atoms with van der Waals surface area (Å²) < 4.78 is 0.597. The van der Waals surface area contributed by atoms with Gasteiger partial charge in [0.05, 0.1) is 5.69 Å². The number of hydrogen-bond donors (Lipinski definition) is 1. The van der Waals surface area contributed by atoms with Gasteiger partial charge in [0, 0.05) is 11.5 Å². The van der Waals surface area contributed by atoms with Crippen molar-refractivity contribution in [1.29, 1.82) is 0 Å². The molecular formula is C16H17BrN2O. The van der Waals surface area contributed by atoms with E-state index >= 15 is 0 Å². The first-order chi connectivity index (χ1) is 9.65. The molecular weight excluding hydrogens is 316 g/mol. The summed E-state index contributed by atoms with van der Waals surface area (Å²) in [7, 11) is 0. The number of aromatic amines is 1. The smallest absolute Gasteiger partial charge is 0.265 e. The van der Waals surface area contributed by atoms with Crippen molar-refractivity contribution < 1.29 is 0 Å². The van der Waals surface area contributed by atoms with Crippen LogP contribution < -0.4 is 5.56 Å². The third-order valence-electron chi connectivity index (χ3n) is 3.96. The SMILES string of the molecule is Cc1ccc(-c2nc(C3CCCC3)c(Br)c(=O)[nH]2)cc1. The summed E-state index contributed by atoms with van der Waals surface area (Å²) in [6, 6.07) is 8.07. The predicted octanol–water partition coefficient (Wildman–Crippen LogP) is 4.17. The van der Waals surface area contributed by atoms with Crippen LogP contribution in [0.4, 0.5) is 0 Å². The third-order valence-corrected chi connectivity index (χ3v) is 4.72. The van der Waals surface area contributed by atoms with Crippen molar-refractivity contribution in [1.82, 2.24) is 9.97 Å². The van der Waals surface area contributed by atoms with E-state index in [0.717, 1.165) is 24.1 Å². The Bertz CT molecular complexity index is 670. The largest absolute Gasteiger partial charge is 0.306 e. The van der Waals surface area contributed by atoms with Crippen LogP contribution in [0.1, 0.15) is 42.9 Å². The van der Waals surface area contributed by atoms with Gasteiger partial charge in [0.15, 0.2) is 0 Å². The molecule has 0 bridgehead atoms. The van der Waals surface area contributed by atoms with Gasteiger partial charge in [-0.25, -0.2) is 4.98 Å². The zero-order valence-electron chi connectivity index (χ0n) is 11.4. The van der Waals surface area contributed by atoms with E-state index < -0.39 is 0 Å². The monoisotopic (exact) mass is 332 g/mol. The van der Waals surface area contributed by atoms with Crippen molar-refractivity contribution in [2.45, 2.75) is 38.5 Å². The average molecular weight is 333 g/mol. The van der Waals surface area contributed by atoms with Gasteiger partial charge >= 0.3 is 0 Å². The van der Waals surface area contributed by atoms with Crippen LogP contribution in [-0.4, -0.2) is 9.97 Å². The van der Waals surface area contributed by atoms with Gasteiger partial charge in [0.2, 0.25) is 0 Å². The summed E-state index contributed by atoms with van der Waals surface area (Å²) in [5, 5.41) is 0. The number of halogens is 1. The Balaban J connectivity index is 2.08. The lowest BCUT2D eigenvalue weighted by atomic mass is 10.0. The predicted molar refractivity (Wildman–Crippen MR) is 83.9 cm³/mol. The van der Waals surface area contributed by atoms with Gasteiger partial charge in [-0.3, -0.25) is 4.79 Å². The van der Waals surface area contributed by atoms with Crippen LogP contribution in [0.15, 0.2) is 33.5 Å². The van der Waals surface area contributed by atoms with E-state index in [4.69, 9.17) is 4.98 Å². The number of nitrogens with zero attached hydrogens (tertiary/aromatic N) is 1. The minimum Gasteiger partial charge on any atom is -0.306 e. The molecule has 0 aliphatic heterocycles. The molecule has 2 aromatic rings. The van der Waals surface area contributed by atoms with Crippen LogP contribution in [-0.2, 0) is 0 Å². The van der Waals surface area contributed by atoms with E-state index in [0.29, 0.717) is 16.2 Å². The normalized spacial score (nSPS) is 15.7. The number of nitrogens with one attached hydrogen (secondary N) is 1. The van der Waals surface area contributed by atoms with E-state index in [9.17, 15) is 4.79 Å². The molecule has 0 spiro atoms. The van der Waals surface area contributed by atoms with Gasteiger partial charge in [0.1, 0.15) is 10.3 Å². The fourth-order valence-corrected chi connectivity index (χ4v) is 3.31. The number of aryl methyl sites for hydroxylation is 1. The summed E-state index contributed by atoms with van der Waals surface area (Å²) in [6.07, 6.45) is 4.71. The minimum atomic E-state index is -0.0857. The maximum atomic E-state index is 12.1. The highest BCUT2D eigenvalue weighted by atomic mass is 79.9. The molecule has 3 nitrogen and oxygen atoms in total. The number of hydrogen-bond acceptors (Lipinski definition) is 2. The van der Waals surface area contributed by atoms with Crippen molar-refractivity contribution >= 4 is 15.9 Å². The molecule has 4 heteroatoms. The molecule has 0 atom stereocenters. The van der Waals surface area contributed by atoms with Gasteiger partial charge in [-0.05, 0) is 35.7 Å².